The van der Waals surface area contributed by atoms with Crippen molar-refractivity contribution in [2.75, 3.05) is 31.2 Å². The lowest BCUT2D eigenvalue weighted by atomic mass is 9.78. The molecule has 4 N–H and O–H groups in total. The minimum atomic E-state index is 0.330. The number of nitrogen functional groups attached to an aromatic ring is 2. The maximum Gasteiger partial charge on any atom is 0.146 e. The minimum absolute atomic E-state index is 0.330. The highest BCUT2D eigenvalue weighted by Gasteiger charge is 2.38. The summed E-state index contributed by atoms with van der Waals surface area (Å²) >= 11 is 0. The molecule has 0 radical (unpaired) electrons. The van der Waals surface area contributed by atoms with Crippen molar-refractivity contribution in [3.05, 3.63) is 17.3 Å². The van der Waals surface area contributed by atoms with Gasteiger partial charge in [0.25, 0.3) is 0 Å². The predicted octanol–water partition coefficient (Wildman–Crippen LogP) is 3.47. The molecule has 2 fully saturated rings. The Kier molecular flexibility index (Phi) is 5.54. The van der Waals surface area contributed by atoms with E-state index in [0.717, 1.165) is 32.5 Å². The Labute approximate surface area is 152 Å². The van der Waals surface area contributed by atoms with E-state index < -0.39 is 0 Å². The van der Waals surface area contributed by atoms with E-state index in [1.54, 1.807) is 0 Å². The smallest absolute Gasteiger partial charge is 0.146 e. The van der Waals surface area contributed by atoms with Crippen LogP contribution in [0.25, 0.3) is 0 Å². The number of rotatable bonds is 4. The number of hydrogen-bond acceptors (Lipinski definition) is 5. The molecule has 1 aromatic heterocycles. The van der Waals surface area contributed by atoms with Crippen LogP contribution in [0.3, 0.4) is 0 Å². The Morgan fingerprint density at radius 2 is 1.84 bits per heavy atom. The Bertz CT molecular complexity index is 588. The van der Waals surface area contributed by atoms with Crippen LogP contribution in [-0.2, 0) is 4.74 Å². The number of ether oxygens (including phenoxy) is 1. The number of aryl methyl sites for hydroxylation is 1. The number of nitrogens with two attached hydrogens (primary N) is 2. The number of likely N-dealkylation sites (tertiary alicyclic amines) is 1. The van der Waals surface area contributed by atoms with Crippen molar-refractivity contribution in [2.24, 2.45) is 0 Å². The van der Waals surface area contributed by atoms with Crippen molar-refractivity contribution in [2.45, 2.75) is 76.9 Å². The van der Waals surface area contributed by atoms with Crippen molar-refractivity contribution in [3.63, 3.8) is 0 Å². The van der Waals surface area contributed by atoms with Crippen molar-refractivity contribution in [3.8, 4) is 0 Å². The van der Waals surface area contributed by atoms with E-state index in [9.17, 15) is 0 Å². The minimum Gasteiger partial charge on any atom is -0.396 e. The normalized spacial score (nSPS) is 29.0. The van der Waals surface area contributed by atoms with Gasteiger partial charge in [0, 0.05) is 18.3 Å². The lowest BCUT2D eigenvalue weighted by Crippen LogP contribution is -2.52. The highest BCUT2D eigenvalue weighted by atomic mass is 16.5. The summed E-state index contributed by atoms with van der Waals surface area (Å²) in [5.41, 5.74) is 15.6. The summed E-state index contributed by atoms with van der Waals surface area (Å²) in [6.45, 7) is 9.75. The summed E-state index contributed by atoms with van der Waals surface area (Å²) in [5, 5.41) is 0. The van der Waals surface area contributed by atoms with E-state index in [2.05, 4.69) is 30.7 Å². The molecular weight excluding hydrogens is 312 g/mol. The average molecular weight is 347 g/mol. The third kappa shape index (κ3) is 3.77. The van der Waals surface area contributed by atoms with Crippen LogP contribution in [0, 0.1) is 6.92 Å². The Balaban J connectivity index is 1.62. The van der Waals surface area contributed by atoms with Crippen LogP contribution in [0.5, 0.6) is 0 Å². The maximum atomic E-state index is 6.25. The van der Waals surface area contributed by atoms with Crippen LogP contribution in [0.1, 0.15) is 69.4 Å². The average Bonchev–Trinajstić information content (AvgIpc) is 2.61. The lowest BCUT2D eigenvalue weighted by Gasteiger charge is -2.48. The zero-order valence-electron chi connectivity index (χ0n) is 16.1. The molecule has 0 spiro atoms. The van der Waals surface area contributed by atoms with Gasteiger partial charge in [-0.25, -0.2) is 4.98 Å². The van der Waals surface area contributed by atoms with Crippen LogP contribution in [-0.4, -0.2) is 41.2 Å². The summed E-state index contributed by atoms with van der Waals surface area (Å²) in [6, 6.07) is 0. The Hall–Kier alpha value is -1.33. The molecule has 1 aromatic rings. The molecule has 25 heavy (non-hydrogen) atoms. The maximum absolute atomic E-state index is 6.25. The fraction of sp³-hybridized carbons (Fsp3) is 0.750. The van der Waals surface area contributed by atoms with Crippen molar-refractivity contribution >= 4 is 11.5 Å². The molecule has 1 saturated carbocycles. The zero-order chi connectivity index (χ0) is 18.0. The van der Waals surface area contributed by atoms with Gasteiger partial charge in [0.1, 0.15) is 5.82 Å². The van der Waals surface area contributed by atoms with E-state index in [-0.39, 0.29) is 0 Å². The van der Waals surface area contributed by atoms with Gasteiger partial charge in [-0.15, -0.1) is 0 Å². The van der Waals surface area contributed by atoms with Gasteiger partial charge in [0.15, 0.2) is 0 Å². The molecule has 1 saturated heterocycles. The standard InChI is InChI=1S/C20H34N4O/c1-4-25-16-5-9-20(3,10-6-16)24-11-7-15(8-12-24)17-14(2)13-23-19(22)18(17)21/h13,15-16H,4-12,21H2,1-3H3,(H2,22,23). The summed E-state index contributed by atoms with van der Waals surface area (Å²) in [7, 11) is 0. The summed E-state index contributed by atoms with van der Waals surface area (Å²) in [6.07, 6.45) is 9.51. The van der Waals surface area contributed by atoms with Crippen LogP contribution in [0.15, 0.2) is 6.20 Å². The molecule has 2 aliphatic rings. The molecular formula is C20H34N4O. The number of piperidine rings is 1. The molecule has 5 nitrogen and oxygen atoms in total. The van der Waals surface area contributed by atoms with Crippen molar-refractivity contribution in [1.82, 2.24) is 9.88 Å². The van der Waals surface area contributed by atoms with Crippen molar-refractivity contribution in [1.29, 1.82) is 0 Å². The molecule has 2 heterocycles. The topological polar surface area (TPSA) is 77.4 Å². The molecule has 140 valence electrons. The molecule has 5 heteroatoms. The quantitative estimate of drug-likeness (QED) is 0.873. The fourth-order valence-corrected chi connectivity index (χ4v) is 4.84. The number of aromatic nitrogens is 1. The van der Waals surface area contributed by atoms with Crippen LogP contribution >= 0.6 is 0 Å². The summed E-state index contributed by atoms with van der Waals surface area (Å²) in [4.78, 5) is 6.90. The number of hydrogen-bond donors (Lipinski definition) is 2. The van der Waals surface area contributed by atoms with Gasteiger partial charge in [-0.3, -0.25) is 4.90 Å². The van der Waals surface area contributed by atoms with Crippen LogP contribution < -0.4 is 11.5 Å². The van der Waals surface area contributed by atoms with Gasteiger partial charge in [-0.05, 0) is 89.4 Å². The second-order valence-electron chi connectivity index (χ2n) is 8.07. The van der Waals surface area contributed by atoms with E-state index in [0.29, 0.717) is 29.1 Å². The zero-order valence-corrected chi connectivity index (χ0v) is 16.1. The molecule has 1 aliphatic heterocycles. The van der Waals surface area contributed by atoms with Gasteiger partial charge in [-0.2, -0.15) is 0 Å². The SMILES string of the molecule is CCOC1CCC(C)(N2CCC(c3c(C)cnc(N)c3N)CC2)CC1. The second kappa shape index (κ2) is 7.50. The highest BCUT2D eigenvalue weighted by molar-refractivity contribution is 5.65. The molecule has 0 atom stereocenters. The lowest BCUT2D eigenvalue weighted by molar-refractivity contribution is -0.0250. The first kappa shape index (κ1) is 18.5. The molecule has 0 aromatic carbocycles. The molecule has 3 rings (SSSR count). The molecule has 0 bridgehead atoms. The molecule has 0 amide bonds. The Morgan fingerprint density at radius 1 is 1.20 bits per heavy atom. The second-order valence-corrected chi connectivity index (χ2v) is 8.07. The van der Waals surface area contributed by atoms with E-state index in [1.165, 1.54) is 36.8 Å². The van der Waals surface area contributed by atoms with Gasteiger partial charge in [-0.1, -0.05) is 0 Å². The van der Waals surface area contributed by atoms with E-state index in [4.69, 9.17) is 16.2 Å². The number of anilines is 2. The number of pyridine rings is 1. The fourth-order valence-electron chi connectivity index (χ4n) is 4.84. The number of nitrogens with zero attached hydrogens (tertiary/aromatic N) is 2. The van der Waals surface area contributed by atoms with E-state index in [1.807, 2.05) is 6.20 Å². The van der Waals surface area contributed by atoms with Gasteiger partial charge in [0.05, 0.1) is 11.8 Å². The Morgan fingerprint density at radius 3 is 2.44 bits per heavy atom. The first-order valence-corrected chi connectivity index (χ1v) is 9.81. The van der Waals surface area contributed by atoms with Crippen LogP contribution in [0.2, 0.25) is 0 Å². The van der Waals surface area contributed by atoms with Gasteiger partial charge in [0.2, 0.25) is 0 Å². The summed E-state index contributed by atoms with van der Waals surface area (Å²) in [5.74, 6) is 0.981. The first-order chi connectivity index (χ1) is 11.9. The predicted molar refractivity (Wildman–Crippen MR) is 104 cm³/mol. The van der Waals surface area contributed by atoms with Gasteiger partial charge < -0.3 is 16.2 Å². The third-order valence-corrected chi connectivity index (χ3v) is 6.47. The monoisotopic (exact) mass is 346 g/mol. The third-order valence-electron chi connectivity index (χ3n) is 6.47. The van der Waals surface area contributed by atoms with Gasteiger partial charge >= 0.3 is 0 Å². The summed E-state index contributed by atoms with van der Waals surface area (Å²) < 4.78 is 5.83. The molecule has 1 aliphatic carbocycles. The van der Waals surface area contributed by atoms with Crippen molar-refractivity contribution < 1.29 is 4.74 Å². The van der Waals surface area contributed by atoms with Crippen LogP contribution in [0.4, 0.5) is 11.5 Å². The molecule has 0 unspecified atom stereocenters. The van der Waals surface area contributed by atoms with E-state index >= 15 is 0 Å². The largest absolute Gasteiger partial charge is 0.396 e. The first-order valence-electron chi connectivity index (χ1n) is 9.81. The highest BCUT2D eigenvalue weighted by Crippen LogP contribution is 2.41.